The molecule has 0 saturated heterocycles. The predicted octanol–water partition coefficient (Wildman–Crippen LogP) is 8.13. The molecule has 0 spiro atoms. The van der Waals surface area contributed by atoms with E-state index in [-0.39, 0.29) is 0 Å². The first-order chi connectivity index (χ1) is 14.8. The molecule has 0 aliphatic heterocycles. The topological polar surface area (TPSA) is 38.7 Å². The summed E-state index contributed by atoms with van der Waals surface area (Å²) in [6.45, 7) is 0. The smallest absolute Gasteiger partial charge is 0.166 e. The molecular weight excluding hydrogens is 494 g/mol. The maximum atomic E-state index is 4.88. The lowest BCUT2D eigenvalue weighted by Crippen LogP contribution is -1.99. The van der Waals surface area contributed by atoms with Gasteiger partial charge in [-0.2, -0.15) is 0 Å². The van der Waals surface area contributed by atoms with Crippen LogP contribution in [0.3, 0.4) is 0 Å². The van der Waals surface area contributed by atoms with Gasteiger partial charge in [-0.3, -0.25) is 0 Å². The summed E-state index contributed by atoms with van der Waals surface area (Å²) in [5, 5.41) is 4.33. The molecule has 0 amide bonds. The van der Waals surface area contributed by atoms with E-state index in [0.717, 1.165) is 27.0 Å². The quantitative estimate of drug-likeness (QED) is 0.243. The van der Waals surface area contributed by atoms with E-state index < -0.39 is 0 Å². The molecule has 0 fully saturated rings. The molecule has 6 rings (SSSR count). The van der Waals surface area contributed by atoms with Crippen LogP contribution in [0.15, 0.2) is 75.9 Å². The number of hydrogen-bond donors (Lipinski definition) is 0. The zero-order chi connectivity index (χ0) is 20.1. The second-order valence-corrected chi connectivity index (χ2v) is 10.3. The maximum Gasteiger partial charge on any atom is 0.166 e. The molecule has 4 aromatic heterocycles. The Morgan fingerprint density at radius 1 is 0.567 bits per heavy atom. The molecule has 7 heteroatoms. The van der Waals surface area contributed by atoms with Gasteiger partial charge >= 0.3 is 0 Å². The van der Waals surface area contributed by atoms with Crippen molar-refractivity contribution in [3.8, 4) is 34.2 Å². The van der Waals surface area contributed by atoms with Crippen LogP contribution in [0.2, 0.25) is 0 Å². The van der Waals surface area contributed by atoms with E-state index in [1.54, 1.807) is 34.0 Å². The summed E-state index contributed by atoms with van der Waals surface area (Å²) in [6.07, 6.45) is 0. The van der Waals surface area contributed by atoms with Gasteiger partial charge in [-0.05, 0) is 15.9 Å². The largest absolute Gasteiger partial charge is 0.208 e. The highest BCUT2D eigenvalue weighted by Gasteiger charge is 2.19. The number of nitrogens with zero attached hydrogens (tertiary/aromatic N) is 3. The Labute approximate surface area is 192 Å². The van der Waals surface area contributed by atoms with Crippen LogP contribution in [0.25, 0.3) is 53.0 Å². The lowest BCUT2D eigenvalue weighted by molar-refractivity contribution is 1.08. The third-order valence-electron chi connectivity index (χ3n) is 4.80. The third kappa shape index (κ3) is 3.01. The fraction of sp³-hybridized carbons (Fsp3) is 0. The van der Waals surface area contributed by atoms with Crippen molar-refractivity contribution in [2.45, 2.75) is 0 Å². The molecule has 0 atom stereocenters. The summed E-state index contributed by atoms with van der Waals surface area (Å²) in [4.78, 5) is 14.6. The molecule has 144 valence electrons. The van der Waals surface area contributed by atoms with Gasteiger partial charge in [-0.15, -0.1) is 34.0 Å². The molecular formula is C23H12BrN3S3. The van der Waals surface area contributed by atoms with Crippen molar-refractivity contribution < 1.29 is 0 Å². The molecule has 0 aliphatic carbocycles. The van der Waals surface area contributed by atoms with Gasteiger partial charge in [-0.25, -0.2) is 15.0 Å². The van der Waals surface area contributed by atoms with Crippen molar-refractivity contribution >= 4 is 68.7 Å². The number of hydrogen-bond acceptors (Lipinski definition) is 6. The average molecular weight is 506 g/mol. The number of aromatic nitrogens is 3. The summed E-state index contributed by atoms with van der Waals surface area (Å²) in [7, 11) is 0. The highest BCUT2D eigenvalue weighted by Crippen LogP contribution is 2.48. The van der Waals surface area contributed by atoms with E-state index in [9.17, 15) is 0 Å². The SMILES string of the molecule is Brc1csc2c1sc1c(-c3nc(-c4ccccc4)nc(-c4ccccc4)n3)csc12. The van der Waals surface area contributed by atoms with Gasteiger partial charge in [0.2, 0.25) is 0 Å². The van der Waals surface area contributed by atoms with Crippen LogP contribution in [-0.4, -0.2) is 15.0 Å². The molecule has 30 heavy (non-hydrogen) atoms. The minimum Gasteiger partial charge on any atom is -0.208 e. The van der Waals surface area contributed by atoms with Gasteiger partial charge in [0.25, 0.3) is 0 Å². The third-order valence-corrected chi connectivity index (χ3v) is 9.63. The van der Waals surface area contributed by atoms with Crippen LogP contribution in [0.4, 0.5) is 0 Å². The Bertz CT molecular complexity index is 1440. The van der Waals surface area contributed by atoms with Crippen LogP contribution in [-0.2, 0) is 0 Å². The van der Waals surface area contributed by atoms with Crippen molar-refractivity contribution in [1.29, 1.82) is 0 Å². The monoisotopic (exact) mass is 505 g/mol. The standard InChI is InChI=1S/C23H12BrN3S3/c24-16-12-29-20-18(16)30-17-15(11-28-19(17)20)23-26-21(13-7-3-1-4-8-13)25-22(27-23)14-9-5-2-6-10-14/h1-12H. The van der Waals surface area contributed by atoms with Crippen molar-refractivity contribution in [2.75, 3.05) is 0 Å². The number of fused-ring (bicyclic) bond motifs is 3. The fourth-order valence-electron chi connectivity index (χ4n) is 3.37. The van der Waals surface area contributed by atoms with E-state index in [2.05, 4.69) is 26.7 Å². The highest BCUT2D eigenvalue weighted by molar-refractivity contribution is 9.10. The van der Waals surface area contributed by atoms with E-state index in [0.29, 0.717) is 11.6 Å². The van der Waals surface area contributed by atoms with Gasteiger partial charge in [0.1, 0.15) is 0 Å². The van der Waals surface area contributed by atoms with E-state index in [4.69, 9.17) is 15.0 Å². The van der Waals surface area contributed by atoms with E-state index >= 15 is 0 Å². The first-order valence-electron chi connectivity index (χ1n) is 9.22. The van der Waals surface area contributed by atoms with Crippen LogP contribution in [0, 0.1) is 0 Å². The highest BCUT2D eigenvalue weighted by atomic mass is 79.9. The van der Waals surface area contributed by atoms with Crippen molar-refractivity contribution in [3.05, 3.63) is 75.9 Å². The average Bonchev–Trinajstić information content (AvgIpc) is 3.48. The van der Waals surface area contributed by atoms with Crippen molar-refractivity contribution in [2.24, 2.45) is 0 Å². The molecule has 0 N–H and O–H groups in total. The summed E-state index contributed by atoms with van der Waals surface area (Å²) in [5.74, 6) is 2.11. The van der Waals surface area contributed by atoms with E-state index in [1.165, 1.54) is 18.8 Å². The zero-order valence-electron chi connectivity index (χ0n) is 15.4. The molecule has 3 nitrogen and oxygen atoms in total. The van der Waals surface area contributed by atoms with Gasteiger partial charge in [0.15, 0.2) is 17.5 Å². The van der Waals surface area contributed by atoms with Gasteiger partial charge in [0, 0.05) is 31.9 Å². The fourth-order valence-corrected chi connectivity index (χ4v) is 7.99. The first kappa shape index (κ1) is 18.3. The Hall–Kier alpha value is -2.45. The molecule has 2 aromatic carbocycles. The normalized spacial score (nSPS) is 11.5. The van der Waals surface area contributed by atoms with Gasteiger partial charge in [0.05, 0.1) is 18.8 Å². The van der Waals surface area contributed by atoms with E-state index in [1.807, 2.05) is 60.7 Å². The van der Waals surface area contributed by atoms with Crippen LogP contribution in [0.5, 0.6) is 0 Å². The first-order valence-corrected chi connectivity index (χ1v) is 12.6. The molecule has 0 aliphatic rings. The minimum atomic E-state index is 0.693. The number of thiophene rings is 3. The zero-order valence-corrected chi connectivity index (χ0v) is 19.4. The maximum absolute atomic E-state index is 4.88. The minimum absolute atomic E-state index is 0.693. The summed E-state index contributed by atoms with van der Waals surface area (Å²) in [6, 6.07) is 20.2. The Kier molecular flexibility index (Phi) is 4.49. The Morgan fingerprint density at radius 3 is 1.73 bits per heavy atom. The second-order valence-electron chi connectivity index (χ2n) is 6.69. The van der Waals surface area contributed by atoms with Crippen molar-refractivity contribution in [1.82, 2.24) is 15.0 Å². The molecule has 0 unspecified atom stereocenters. The van der Waals surface area contributed by atoms with Gasteiger partial charge < -0.3 is 0 Å². The Morgan fingerprint density at radius 2 is 1.10 bits per heavy atom. The molecule has 4 heterocycles. The van der Waals surface area contributed by atoms with Crippen LogP contribution in [0.1, 0.15) is 0 Å². The summed E-state index contributed by atoms with van der Waals surface area (Å²) in [5.41, 5.74) is 3.05. The Balaban J connectivity index is 1.61. The molecule has 6 aromatic rings. The van der Waals surface area contributed by atoms with Gasteiger partial charge in [-0.1, -0.05) is 60.7 Å². The van der Waals surface area contributed by atoms with Crippen molar-refractivity contribution in [3.63, 3.8) is 0 Å². The lowest BCUT2D eigenvalue weighted by Gasteiger charge is -2.07. The number of benzene rings is 2. The van der Waals surface area contributed by atoms with Crippen LogP contribution >= 0.6 is 49.9 Å². The predicted molar refractivity (Wildman–Crippen MR) is 132 cm³/mol. The second kappa shape index (κ2) is 7.35. The molecule has 0 bridgehead atoms. The lowest BCUT2D eigenvalue weighted by atomic mass is 10.2. The summed E-state index contributed by atoms with van der Waals surface area (Å²) >= 11 is 9.02. The summed E-state index contributed by atoms with van der Waals surface area (Å²) < 4.78 is 6.34. The number of halogens is 1. The molecule has 0 saturated carbocycles. The van der Waals surface area contributed by atoms with Crippen LogP contribution < -0.4 is 0 Å². The number of rotatable bonds is 3. The molecule has 0 radical (unpaired) electrons.